The Bertz CT molecular complexity index is 1430. The molecule has 0 saturated carbocycles. The van der Waals surface area contributed by atoms with Crippen molar-refractivity contribution in [2.75, 3.05) is 19.5 Å². The molecule has 9 heteroatoms. The van der Waals surface area contributed by atoms with Gasteiger partial charge in [0.15, 0.2) is 10.9 Å². The summed E-state index contributed by atoms with van der Waals surface area (Å²) in [6, 6.07) is 11.3. The van der Waals surface area contributed by atoms with Crippen molar-refractivity contribution in [3.63, 3.8) is 0 Å². The number of amides is 1. The van der Waals surface area contributed by atoms with E-state index in [0.29, 0.717) is 39.9 Å². The summed E-state index contributed by atoms with van der Waals surface area (Å²) in [4.78, 5) is 31.5. The van der Waals surface area contributed by atoms with Crippen LogP contribution in [0.15, 0.2) is 63.4 Å². The molecule has 1 atom stereocenters. The molecule has 2 heterocycles. The molecule has 7 nitrogen and oxygen atoms in total. The van der Waals surface area contributed by atoms with E-state index in [9.17, 15) is 9.59 Å². The number of ketones is 1. The number of methoxy groups -OCH3 is 2. The summed E-state index contributed by atoms with van der Waals surface area (Å²) in [5.41, 5.74) is 4.24. The van der Waals surface area contributed by atoms with E-state index in [2.05, 4.69) is 31.5 Å². The zero-order valence-electron chi connectivity index (χ0n) is 19.5. The number of nitrogens with one attached hydrogen (secondary N) is 2. The maximum absolute atomic E-state index is 13.8. The lowest BCUT2D eigenvalue weighted by atomic mass is 9.74. The second-order valence-electron chi connectivity index (χ2n) is 8.46. The lowest BCUT2D eigenvalue weighted by Gasteiger charge is -2.35. The van der Waals surface area contributed by atoms with Gasteiger partial charge >= 0.3 is 0 Å². The summed E-state index contributed by atoms with van der Waals surface area (Å²) in [7, 11) is 3.16. The highest BCUT2D eigenvalue weighted by Crippen LogP contribution is 2.46. The lowest BCUT2D eigenvalue weighted by Crippen LogP contribution is -2.35. The zero-order valence-corrected chi connectivity index (χ0v) is 21.9. The first-order chi connectivity index (χ1) is 16.9. The third kappa shape index (κ3) is 4.34. The highest BCUT2D eigenvalue weighted by Gasteiger charge is 2.40. The average Bonchev–Trinajstić information content (AvgIpc) is 3.24. The fourth-order valence-corrected chi connectivity index (χ4v) is 6.18. The van der Waals surface area contributed by atoms with Crippen LogP contribution in [0.5, 0.6) is 11.5 Å². The third-order valence-corrected chi connectivity index (χ3v) is 7.77. The molecule has 2 N–H and O–H groups in total. The van der Waals surface area contributed by atoms with Gasteiger partial charge < -0.3 is 14.8 Å². The minimum Gasteiger partial charge on any atom is -0.497 e. The van der Waals surface area contributed by atoms with Gasteiger partial charge in [-0.1, -0.05) is 33.3 Å². The second kappa shape index (κ2) is 9.47. The van der Waals surface area contributed by atoms with Crippen LogP contribution in [0, 0.1) is 0 Å². The number of dihydropyridines is 1. The normalized spacial score (nSPS) is 17.8. The summed E-state index contributed by atoms with van der Waals surface area (Å²) < 4.78 is 13.0. The van der Waals surface area contributed by atoms with Crippen molar-refractivity contribution >= 4 is 54.3 Å². The first-order valence-corrected chi connectivity index (χ1v) is 12.8. The molecule has 35 heavy (non-hydrogen) atoms. The van der Waals surface area contributed by atoms with Gasteiger partial charge in [0.2, 0.25) is 0 Å². The number of hydrogen-bond donors (Lipinski definition) is 2. The molecule has 1 unspecified atom stereocenters. The third-order valence-electron chi connectivity index (χ3n) is 6.34. The number of rotatable bonds is 5. The first kappa shape index (κ1) is 23.6. The molecule has 5 rings (SSSR count). The molecule has 1 aliphatic carbocycles. The van der Waals surface area contributed by atoms with Crippen LogP contribution in [0.1, 0.15) is 37.7 Å². The largest absolute Gasteiger partial charge is 0.497 e. The van der Waals surface area contributed by atoms with Crippen LogP contribution in [-0.2, 0) is 9.59 Å². The topological polar surface area (TPSA) is 89.5 Å². The number of halogens is 1. The van der Waals surface area contributed by atoms with Gasteiger partial charge in [-0.05, 0) is 44.0 Å². The molecule has 1 amide bonds. The molecule has 180 valence electrons. The van der Waals surface area contributed by atoms with E-state index in [-0.39, 0.29) is 11.7 Å². The maximum atomic E-state index is 13.8. The Balaban J connectivity index is 1.59. The number of benzene rings is 2. The molecule has 0 bridgehead atoms. The van der Waals surface area contributed by atoms with Gasteiger partial charge in [0, 0.05) is 45.1 Å². The Morgan fingerprint density at radius 3 is 2.77 bits per heavy atom. The Morgan fingerprint density at radius 1 is 1.17 bits per heavy atom. The SMILES string of the molecule is COc1ccc(C2C(C(=O)Nc3nc4ccc(Br)cc4s3)=C(C)NC3=C2C(=O)CCC3)c(OC)c1. The quantitative estimate of drug-likeness (QED) is 0.422. The fraction of sp³-hybridized carbons (Fsp3) is 0.269. The number of fused-ring (bicyclic) bond motifs is 1. The number of anilines is 1. The van der Waals surface area contributed by atoms with Crippen LogP contribution in [0.2, 0.25) is 0 Å². The van der Waals surface area contributed by atoms with Gasteiger partial charge in [0.1, 0.15) is 11.5 Å². The number of ether oxygens (including phenoxy) is 2. The minimum absolute atomic E-state index is 0.0456. The molecular formula is C26H24BrN3O4S. The van der Waals surface area contributed by atoms with Crippen LogP contribution in [0.25, 0.3) is 10.2 Å². The van der Waals surface area contributed by atoms with Crippen LogP contribution in [0.3, 0.4) is 0 Å². The van der Waals surface area contributed by atoms with E-state index in [1.54, 1.807) is 20.3 Å². The molecule has 0 saturated heterocycles. The van der Waals surface area contributed by atoms with Crippen LogP contribution in [-0.4, -0.2) is 30.9 Å². The van der Waals surface area contributed by atoms with Gasteiger partial charge in [-0.15, -0.1) is 0 Å². The summed E-state index contributed by atoms with van der Waals surface area (Å²) in [5.74, 6) is 0.370. The molecule has 0 fully saturated rings. The van der Waals surface area contributed by atoms with Gasteiger partial charge in [-0.2, -0.15) is 0 Å². The summed E-state index contributed by atoms with van der Waals surface area (Å²) in [6.07, 6.45) is 2.00. The van der Waals surface area contributed by atoms with E-state index in [0.717, 1.165) is 38.8 Å². The summed E-state index contributed by atoms with van der Waals surface area (Å²) >= 11 is 4.88. The molecular weight excluding hydrogens is 530 g/mol. The summed E-state index contributed by atoms with van der Waals surface area (Å²) in [6.45, 7) is 1.87. The number of thiazole rings is 1. The standard InChI is InChI=1S/C26H24BrN3O4S/c1-13-22(25(32)30-26-29-17-10-7-14(27)11-21(17)35-26)23(24-18(28-13)5-4-6-19(24)31)16-9-8-15(33-2)12-20(16)34-3/h7-12,23,28H,4-6H2,1-3H3,(H,29,30,32). The van der Waals surface area contributed by atoms with Gasteiger partial charge in [0.25, 0.3) is 5.91 Å². The van der Waals surface area contributed by atoms with E-state index in [1.807, 2.05) is 37.3 Å². The smallest absolute Gasteiger partial charge is 0.256 e. The van der Waals surface area contributed by atoms with Gasteiger partial charge in [-0.3, -0.25) is 14.9 Å². The van der Waals surface area contributed by atoms with E-state index in [4.69, 9.17) is 9.47 Å². The van der Waals surface area contributed by atoms with Crippen molar-refractivity contribution in [2.24, 2.45) is 0 Å². The molecule has 0 radical (unpaired) electrons. The number of allylic oxidation sites excluding steroid dienone is 3. The molecule has 0 spiro atoms. The molecule has 1 aliphatic heterocycles. The molecule has 3 aromatic rings. The summed E-state index contributed by atoms with van der Waals surface area (Å²) in [5, 5.41) is 6.82. The van der Waals surface area contributed by atoms with Crippen molar-refractivity contribution in [3.05, 3.63) is 69.0 Å². The number of carbonyl (C=O) groups excluding carboxylic acids is 2. The Morgan fingerprint density at radius 2 is 2.00 bits per heavy atom. The van der Waals surface area contributed by atoms with Crippen molar-refractivity contribution < 1.29 is 19.1 Å². The molecule has 2 aliphatic rings. The maximum Gasteiger partial charge on any atom is 0.256 e. The predicted molar refractivity (Wildman–Crippen MR) is 140 cm³/mol. The van der Waals surface area contributed by atoms with E-state index in [1.165, 1.54) is 11.3 Å². The van der Waals surface area contributed by atoms with Crippen LogP contribution < -0.4 is 20.1 Å². The Kier molecular flexibility index (Phi) is 6.37. The van der Waals surface area contributed by atoms with E-state index < -0.39 is 5.92 Å². The Labute approximate surface area is 215 Å². The van der Waals surface area contributed by atoms with Crippen molar-refractivity contribution in [2.45, 2.75) is 32.1 Å². The number of nitrogens with zero attached hydrogens (tertiary/aromatic N) is 1. The first-order valence-electron chi connectivity index (χ1n) is 11.2. The number of hydrogen-bond acceptors (Lipinski definition) is 7. The fourth-order valence-electron chi connectivity index (χ4n) is 4.77. The number of carbonyl (C=O) groups is 2. The Hall–Kier alpha value is -3.17. The molecule has 2 aromatic carbocycles. The average molecular weight is 554 g/mol. The number of aromatic nitrogens is 1. The minimum atomic E-state index is -0.566. The second-order valence-corrected chi connectivity index (χ2v) is 10.4. The highest BCUT2D eigenvalue weighted by atomic mass is 79.9. The predicted octanol–water partition coefficient (Wildman–Crippen LogP) is 5.68. The molecule has 1 aromatic heterocycles. The highest BCUT2D eigenvalue weighted by molar-refractivity contribution is 9.10. The van der Waals surface area contributed by atoms with Crippen LogP contribution >= 0.6 is 27.3 Å². The van der Waals surface area contributed by atoms with Gasteiger partial charge in [-0.25, -0.2) is 4.98 Å². The zero-order chi connectivity index (χ0) is 24.7. The monoisotopic (exact) mass is 553 g/mol. The number of Topliss-reactive ketones (excluding diaryl/α,β-unsaturated/α-hetero) is 1. The van der Waals surface area contributed by atoms with Crippen LogP contribution in [0.4, 0.5) is 5.13 Å². The van der Waals surface area contributed by atoms with Crippen molar-refractivity contribution in [1.29, 1.82) is 0 Å². The van der Waals surface area contributed by atoms with E-state index >= 15 is 0 Å². The van der Waals surface area contributed by atoms with Gasteiger partial charge in [0.05, 0.1) is 30.4 Å². The van der Waals surface area contributed by atoms with Crippen molar-refractivity contribution in [1.82, 2.24) is 10.3 Å². The lowest BCUT2D eigenvalue weighted by molar-refractivity contribution is -0.116. The van der Waals surface area contributed by atoms with Crippen molar-refractivity contribution in [3.8, 4) is 11.5 Å².